The molecule has 0 atom stereocenters. The highest BCUT2D eigenvalue weighted by molar-refractivity contribution is 9.10. The maximum atomic E-state index is 12.8. The van der Waals surface area contributed by atoms with Crippen LogP contribution in [0.5, 0.6) is 0 Å². The van der Waals surface area contributed by atoms with Crippen molar-refractivity contribution in [3.05, 3.63) is 94.2 Å². The van der Waals surface area contributed by atoms with Gasteiger partial charge in [0.05, 0.1) is 5.69 Å². The van der Waals surface area contributed by atoms with Crippen LogP contribution in [0.3, 0.4) is 0 Å². The molecule has 0 spiro atoms. The summed E-state index contributed by atoms with van der Waals surface area (Å²) in [5.41, 5.74) is 6.08. The third-order valence-electron chi connectivity index (χ3n) is 5.51. The van der Waals surface area contributed by atoms with Crippen molar-refractivity contribution in [2.45, 2.75) is 20.3 Å². The lowest BCUT2D eigenvalue weighted by molar-refractivity contribution is 0.0997. The van der Waals surface area contributed by atoms with Gasteiger partial charge in [0.2, 0.25) is 0 Å². The van der Waals surface area contributed by atoms with Crippen molar-refractivity contribution < 1.29 is 9.21 Å². The van der Waals surface area contributed by atoms with E-state index >= 15 is 0 Å². The van der Waals surface area contributed by atoms with Crippen LogP contribution in [-0.2, 0) is 6.42 Å². The Morgan fingerprint density at radius 3 is 2.36 bits per heavy atom. The van der Waals surface area contributed by atoms with Gasteiger partial charge in [0.25, 0.3) is 5.91 Å². The summed E-state index contributed by atoms with van der Waals surface area (Å²) < 4.78 is 6.78. The quantitative estimate of drug-likeness (QED) is 0.296. The number of anilines is 1. The number of nitrogens with one attached hydrogen (secondary N) is 1. The van der Waals surface area contributed by atoms with Gasteiger partial charge in [-0.1, -0.05) is 47.1 Å². The first-order chi connectivity index (χ1) is 16.0. The zero-order valence-corrected chi connectivity index (χ0v) is 19.8. The minimum atomic E-state index is -0.316. The van der Waals surface area contributed by atoms with Crippen LogP contribution in [0.2, 0.25) is 0 Å². The van der Waals surface area contributed by atoms with Gasteiger partial charge in [-0.2, -0.15) is 4.80 Å². The van der Waals surface area contributed by atoms with E-state index in [9.17, 15) is 4.79 Å². The molecule has 5 rings (SSSR count). The monoisotopic (exact) mass is 500 g/mol. The maximum Gasteiger partial charge on any atom is 0.291 e. The summed E-state index contributed by atoms with van der Waals surface area (Å²) in [5.74, 6) is 0.562. The fourth-order valence-electron chi connectivity index (χ4n) is 3.60. The number of hydrogen-bond acceptors (Lipinski definition) is 4. The van der Waals surface area contributed by atoms with Crippen LogP contribution in [0.1, 0.15) is 28.6 Å². The van der Waals surface area contributed by atoms with Crippen molar-refractivity contribution in [3.63, 3.8) is 0 Å². The predicted octanol–water partition coefficient (Wildman–Crippen LogP) is 6.57. The molecule has 2 aromatic heterocycles. The first-order valence-corrected chi connectivity index (χ1v) is 11.4. The number of aryl methyl sites for hydroxylation is 2. The molecule has 0 aliphatic heterocycles. The number of fused-ring (bicyclic) bond motifs is 1. The Bertz CT molecular complexity index is 1450. The molecule has 0 unspecified atom stereocenters. The van der Waals surface area contributed by atoms with Crippen molar-refractivity contribution in [1.29, 1.82) is 0 Å². The number of hydrogen-bond donors (Lipinski definition) is 1. The molecular weight excluding hydrogens is 480 g/mol. The van der Waals surface area contributed by atoms with E-state index in [4.69, 9.17) is 4.42 Å². The molecule has 5 aromatic rings. The van der Waals surface area contributed by atoms with Gasteiger partial charge in [-0.25, -0.2) is 0 Å². The van der Waals surface area contributed by atoms with Crippen LogP contribution in [0, 0.1) is 6.92 Å². The van der Waals surface area contributed by atoms with Gasteiger partial charge in [0, 0.05) is 15.7 Å². The average Bonchev–Trinajstić information content (AvgIpc) is 3.47. The number of aromatic nitrogens is 3. The fourth-order valence-corrected chi connectivity index (χ4v) is 3.86. The van der Waals surface area contributed by atoms with E-state index in [1.807, 2.05) is 55.5 Å². The van der Waals surface area contributed by atoms with Gasteiger partial charge in [0.1, 0.15) is 16.8 Å². The molecule has 0 saturated heterocycles. The maximum absolute atomic E-state index is 12.8. The highest BCUT2D eigenvalue weighted by Gasteiger charge is 2.15. The minimum absolute atomic E-state index is 0.243. The molecule has 7 heteroatoms. The Hall–Kier alpha value is -3.71. The van der Waals surface area contributed by atoms with Gasteiger partial charge < -0.3 is 9.73 Å². The van der Waals surface area contributed by atoms with Crippen LogP contribution in [-0.4, -0.2) is 20.9 Å². The summed E-state index contributed by atoms with van der Waals surface area (Å²) in [5, 5.41) is 12.1. The molecule has 2 heterocycles. The molecule has 0 aliphatic rings. The molecule has 164 valence electrons. The lowest BCUT2D eigenvalue weighted by Crippen LogP contribution is -2.11. The molecule has 33 heavy (non-hydrogen) atoms. The minimum Gasteiger partial charge on any atom is -0.451 e. The van der Waals surface area contributed by atoms with Crippen LogP contribution in [0.4, 0.5) is 5.69 Å². The largest absolute Gasteiger partial charge is 0.451 e. The lowest BCUT2D eigenvalue weighted by atomic mass is 10.1. The Morgan fingerprint density at radius 2 is 1.67 bits per heavy atom. The SMILES string of the molecule is CCc1ccc(-n2nc3cc(C)c(NC(=O)c4ccc(-c5ccc(Br)cc5)o4)cc3n2)cc1. The zero-order chi connectivity index (χ0) is 22.9. The fraction of sp³-hybridized carbons (Fsp3) is 0.115. The highest BCUT2D eigenvalue weighted by atomic mass is 79.9. The van der Waals surface area contributed by atoms with Crippen molar-refractivity contribution in [3.8, 4) is 17.0 Å². The molecule has 3 aromatic carbocycles. The second-order valence-corrected chi connectivity index (χ2v) is 8.71. The third kappa shape index (κ3) is 4.32. The van der Waals surface area contributed by atoms with Crippen LogP contribution in [0.25, 0.3) is 28.0 Å². The average molecular weight is 501 g/mol. The van der Waals surface area contributed by atoms with Crippen molar-refractivity contribution in [1.82, 2.24) is 15.0 Å². The van der Waals surface area contributed by atoms with E-state index in [1.54, 1.807) is 16.9 Å². The highest BCUT2D eigenvalue weighted by Crippen LogP contribution is 2.26. The normalized spacial score (nSPS) is 11.1. The van der Waals surface area contributed by atoms with Crippen LogP contribution in [0.15, 0.2) is 81.7 Å². The summed E-state index contributed by atoms with van der Waals surface area (Å²) in [7, 11) is 0. The van der Waals surface area contributed by atoms with E-state index < -0.39 is 0 Å². The van der Waals surface area contributed by atoms with Gasteiger partial charge in [-0.3, -0.25) is 4.79 Å². The number of furan rings is 1. The van der Waals surface area contributed by atoms with Gasteiger partial charge >= 0.3 is 0 Å². The van der Waals surface area contributed by atoms with E-state index in [1.165, 1.54) is 5.56 Å². The number of rotatable bonds is 5. The smallest absolute Gasteiger partial charge is 0.291 e. The summed E-state index contributed by atoms with van der Waals surface area (Å²) >= 11 is 3.42. The van der Waals surface area contributed by atoms with Crippen LogP contribution >= 0.6 is 15.9 Å². The van der Waals surface area contributed by atoms with Crippen LogP contribution < -0.4 is 5.32 Å². The van der Waals surface area contributed by atoms with Crippen molar-refractivity contribution in [2.75, 3.05) is 5.32 Å². The van der Waals surface area contributed by atoms with Crippen molar-refractivity contribution in [2.24, 2.45) is 0 Å². The number of benzene rings is 3. The van der Waals surface area contributed by atoms with Gasteiger partial charge in [-0.05, 0) is 73.0 Å². The number of nitrogens with zero attached hydrogens (tertiary/aromatic N) is 3. The first kappa shape index (κ1) is 21.2. The number of amides is 1. The number of halogens is 1. The third-order valence-corrected chi connectivity index (χ3v) is 6.04. The Balaban J connectivity index is 1.38. The molecule has 1 N–H and O–H groups in total. The van der Waals surface area contributed by atoms with Gasteiger partial charge in [0.15, 0.2) is 5.76 Å². The Kier molecular flexibility index (Phi) is 5.56. The zero-order valence-electron chi connectivity index (χ0n) is 18.2. The topological polar surface area (TPSA) is 73.0 Å². The standard InChI is InChI=1S/C26H21BrN4O2/c1-3-17-4-10-20(11-5-17)31-29-22-14-16(2)21(15-23(22)30-31)28-26(32)25-13-12-24(33-25)18-6-8-19(27)9-7-18/h4-15H,3H2,1-2H3,(H,28,32). The number of carbonyl (C=O) groups is 1. The summed E-state index contributed by atoms with van der Waals surface area (Å²) in [6.45, 7) is 4.05. The van der Waals surface area contributed by atoms with E-state index in [0.29, 0.717) is 17.0 Å². The molecule has 0 bridgehead atoms. The molecular formula is C26H21BrN4O2. The second kappa shape index (κ2) is 8.67. The van der Waals surface area contributed by atoms with E-state index in [2.05, 4.69) is 50.5 Å². The Morgan fingerprint density at radius 1 is 0.970 bits per heavy atom. The van der Waals surface area contributed by atoms with Gasteiger partial charge in [-0.15, -0.1) is 10.2 Å². The number of carbonyl (C=O) groups excluding carboxylic acids is 1. The first-order valence-electron chi connectivity index (χ1n) is 10.6. The summed E-state index contributed by atoms with van der Waals surface area (Å²) in [4.78, 5) is 14.5. The van der Waals surface area contributed by atoms with Crippen molar-refractivity contribution >= 4 is 38.6 Å². The molecule has 0 fully saturated rings. The molecule has 0 aliphatic carbocycles. The molecule has 1 amide bonds. The predicted molar refractivity (Wildman–Crippen MR) is 133 cm³/mol. The molecule has 0 saturated carbocycles. The second-order valence-electron chi connectivity index (χ2n) is 7.79. The van der Waals surface area contributed by atoms with E-state index in [0.717, 1.165) is 33.2 Å². The van der Waals surface area contributed by atoms with E-state index in [-0.39, 0.29) is 11.7 Å². The summed E-state index contributed by atoms with van der Waals surface area (Å²) in [6.07, 6.45) is 0.983. The lowest BCUT2D eigenvalue weighted by Gasteiger charge is -2.06. The Labute approximate surface area is 199 Å². The summed E-state index contributed by atoms with van der Waals surface area (Å²) in [6, 6.07) is 23.1. The molecule has 0 radical (unpaired) electrons. The molecule has 6 nitrogen and oxygen atoms in total.